The second-order valence-electron chi connectivity index (χ2n) is 8.05. The van der Waals surface area contributed by atoms with Crippen LogP contribution in [0, 0.1) is 6.92 Å². The number of nitrogens with zero attached hydrogens (tertiary/aromatic N) is 1. The lowest BCUT2D eigenvalue weighted by atomic mass is 10.0. The van der Waals surface area contributed by atoms with Crippen molar-refractivity contribution in [1.82, 2.24) is 10.2 Å². The number of nitrogens with one attached hydrogen (secondary N) is 2. The molecule has 172 valence electrons. The van der Waals surface area contributed by atoms with Crippen LogP contribution in [0.4, 0.5) is 5.00 Å². The number of anilines is 1. The van der Waals surface area contributed by atoms with Crippen molar-refractivity contribution in [3.63, 3.8) is 0 Å². The Labute approximate surface area is 201 Å². The van der Waals surface area contributed by atoms with E-state index in [1.165, 1.54) is 22.7 Å². The lowest BCUT2D eigenvalue weighted by Gasteiger charge is -2.27. The van der Waals surface area contributed by atoms with Crippen LogP contribution in [0.15, 0.2) is 47.2 Å². The summed E-state index contributed by atoms with van der Waals surface area (Å²) in [5, 5.41) is 9.91. The molecule has 4 rings (SSSR count). The first-order valence-electron chi connectivity index (χ1n) is 11.1. The lowest BCUT2D eigenvalue weighted by molar-refractivity contribution is -0.116. The van der Waals surface area contributed by atoms with Crippen molar-refractivity contribution in [1.29, 1.82) is 0 Å². The van der Waals surface area contributed by atoms with Gasteiger partial charge in [-0.3, -0.25) is 14.4 Å². The molecule has 0 atom stereocenters. The van der Waals surface area contributed by atoms with Crippen LogP contribution in [-0.2, 0) is 4.79 Å². The summed E-state index contributed by atoms with van der Waals surface area (Å²) < 4.78 is 0. The summed E-state index contributed by atoms with van der Waals surface area (Å²) in [6.07, 6.45) is 3.28. The van der Waals surface area contributed by atoms with Gasteiger partial charge in [-0.25, -0.2) is 0 Å². The van der Waals surface area contributed by atoms with Crippen molar-refractivity contribution in [2.45, 2.75) is 32.6 Å². The van der Waals surface area contributed by atoms with Crippen molar-refractivity contribution >= 4 is 45.4 Å². The van der Waals surface area contributed by atoms with Gasteiger partial charge in [0.1, 0.15) is 5.00 Å². The first-order valence-corrected chi connectivity index (χ1v) is 12.9. The van der Waals surface area contributed by atoms with Gasteiger partial charge >= 0.3 is 0 Å². The number of piperidine rings is 1. The van der Waals surface area contributed by atoms with E-state index in [0.717, 1.165) is 48.4 Å². The number of likely N-dealkylation sites (tertiary alicyclic amines) is 1. The zero-order valence-electron chi connectivity index (χ0n) is 18.6. The molecule has 8 heteroatoms. The molecule has 1 aliphatic heterocycles. The molecule has 0 bridgehead atoms. The molecule has 0 saturated carbocycles. The number of rotatable bonds is 7. The molecular weight excluding hydrogens is 454 g/mol. The van der Waals surface area contributed by atoms with Gasteiger partial charge in [-0.2, -0.15) is 11.3 Å². The van der Waals surface area contributed by atoms with Crippen molar-refractivity contribution in [3.05, 3.63) is 63.8 Å². The quantitative estimate of drug-likeness (QED) is 0.489. The Balaban J connectivity index is 1.51. The van der Waals surface area contributed by atoms with E-state index in [2.05, 4.69) is 10.6 Å². The third-order valence-electron chi connectivity index (χ3n) is 5.71. The van der Waals surface area contributed by atoms with E-state index in [-0.39, 0.29) is 30.7 Å². The normalized spacial score (nSPS) is 13.5. The zero-order valence-corrected chi connectivity index (χ0v) is 20.2. The van der Waals surface area contributed by atoms with Crippen molar-refractivity contribution in [2.75, 3.05) is 25.0 Å². The highest BCUT2D eigenvalue weighted by molar-refractivity contribution is 7.20. The molecule has 0 aliphatic carbocycles. The molecule has 33 heavy (non-hydrogen) atoms. The molecule has 1 saturated heterocycles. The predicted molar refractivity (Wildman–Crippen MR) is 134 cm³/mol. The molecule has 0 radical (unpaired) electrons. The SMILES string of the molecule is Cc1c(-c2ccccc2)sc(NC(=O)CCNC(=O)c2ccsc2)c1C(=O)N1CCCCC1. The van der Waals surface area contributed by atoms with Gasteiger partial charge in [0.05, 0.1) is 5.56 Å². The fraction of sp³-hybridized carbons (Fsp3) is 0.320. The smallest absolute Gasteiger partial charge is 0.257 e. The average molecular weight is 482 g/mol. The Morgan fingerprint density at radius 2 is 1.79 bits per heavy atom. The molecule has 1 fully saturated rings. The molecule has 3 heterocycles. The highest BCUT2D eigenvalue weighted by Gasteiger charge is 2.27. The number of thiophene rings is 2. The average Bonchev–Trinajstić information content (AvgIpc) is 3.48. The van der Waals surface area contributed by atoms with E-state index in [1.54, 1.807) is 11.4 Å². The summed E-state index contributed by atoms with van der Waals surface area (Å²) in [7, 11) is 0. The molecule has 0 unspecified atom stereocenters. The molecule has 2 aromatic heterocycles. The van der Waals surface area contributed by atoms with Crippen LogP contribution < -0.4 is 10.6 Å². The molecular formula is C25H27N3O3S2. The Morgan fingerprint density at radius 1 is 1.03 bits per heavy atom. The monoisotopic (exact) mass is 481 g/mol. The van der Waals surface area contributed by atoms with Gasteiger partial charge in [-0.15, -0.1) is 11.3 Å². The van der Waals surface area contributed by atoms with Crippen LogP contribution >= 0.6 is 22.7 Å². The third-order valence-corrected chi connectivity index (χ3v) is 7.65. The molecule has 2 N–H and O–H groups in total. The van der Waals surface area contributed by atoms with Gasteiger partial charge in [0.2, 0.25) is 5.91 Å². The Morgan fingerprint density at radius 3 is 2.48 bits per heavy atom. The second kappa shape index (κ2) is 10.8. The Kier molecular flexibility index (Phi) is 7.57. The van der Waals surface area contributed by atoms with Gasteiger partial charge in [-0.1, -0.05) is 30.3 Å². The summed E-state index contributed by atoms with van der Waals surface area (Å²) in [5.41, 5.74) is 3.09. The minimum absolute atomic E-state index is 0.0216. The molecule has 3 aromatic rings. The number of carbonyl (C=O) groups is 3. The fourth-order valence-electron chi connectivity index (χ4n) is 3.95. The number of hydrogen-bond acceptors (Lipinski definition) is 5. The second-order valence-corrected chi connectivity index (χ2v) is 9.85. The van der Waals surface area contributed by atoms with E-state index in [0.29, 0.717) is 16.1 Å². The largest absolute Gasteiger partial charge is 0.351 e. The first kappa shape index (κ1) is 23.2. The van der Waals surface area contributed by atoms with Gasteiger partial charge in [0.15, 0.2) is 0 Å². The van der Waals surface area contributed by atoms with E-state index in [4.69, 9.17) is 0 Å². The number of amides is 3. The molecule has 1 aromatic carbocycles. The van der Waals surface area contributed by atoms with E-state index in [1.807, 2.05) is 47.5 Å². The third kappa shape index (κ3) is 5.51. The minimum Gasteiger partial charge on any atom is -0.351 e. The van der Waals surface area contributed by atoms with Gasteiger partial charge in [-0.05, 0) is 48.8 Å². The number of benzene rings is 1. The fourth-order valence-corrected chi connectivity index (χ4v) is 5.81. The Bertz CT molecular complexity index is 1120. The van der Waals surface area contributed by atoms with E-state index >= 15 is 0 Å². The maximum absolute atomic E-state index is 13.4. The highest BCUT2D eigenvalue weighted by Crippen LogP contribution is 2.40. The molecule has 1 aliphatic rings. The highest BCUT2D eigenvalue weighted by atomic mass is 32.1. The first-order chi connectivity index (χ1) is 16.0. The summed E-state index contributed by atoms with van der Waals surface area (Å²) in [5.74, 6) is -0.441. The predicted octanol–water partition coefficient (Wildman–Crippen LogP) is 5.17. The summed E-state index contributed by atoms with van der Waals surface area (Å²) in [6, 6.07) is 11.7. The van der Waals surface area contributed by atoms with Gasteiger partial charge in [0.25, 0.3) is 11.8 Å². The van der Waals surface area contributed by atoms with E-state index in [9.17, 15) is 14.4 Å². The van der Waals surface area contributed by atoms with Gasteiger partial charge in [0, 0.05) is 41.9 Å². The van der Waals surface area contributed by atoms with Crippen molar-refractivity contribution in [2.24, 2.45) is 0 Å². The summed E-state index contributed by atoms with van der Waals surface area (Å²) in [6.45, 7) is 3.67. The minimum atomic E-state index is -0.228. The topological polar surface area (TPSA) is 78.5 Å². The van der Waals surface area contributed by atoms with Crippen LogP contribution in [-0.4, -0.2) is 42.3 Å². The lowest BCUT2D eigenvalue weighted by Crippen LogP contribution is -2.36. The molecule has 3 amide bonds. The number of hydrogen-bond donors (Lipinski definition) is 2. The maximum Gasteiger partial charge on any atom is 0.257 e. The van der Waals surface area contributed by atoms with Crippen LogP contribution in [0.1, 0.15) is 52.0 Å². The van der Waals surface area contributed by atoms with Crippen molar-refractivity contribution < 1.29 is 14.4 Å². The summed E-state index contributed by atoms with van der Waals surface area (Å²) in [4.78, 5) is 41.1. The van der Waals surface area contributed by atoms with Gasteiger partial charge < -0.3 is 15.5 Å². The Hall–Kier alpha value is -2.97. The molecule has 0 spiro atoms. The zero-order chi connectivity index (χ0) is 23.2. The van der Waals surface area contributed by atoms with E-state index < -0.39 is 0 Å². The maximum atomic E-state index is 13.4. The summed E-state index contributed by atoms with van der Waals surface area (Å²) >= 11 is 2.88. The standard InChI is InChI=1S/C25H27N3O3S2/c1-17-21(25(31)28-13-6-3-7-14-28)24(33-22(17)18-8-4-2-5-9-18)27-20(29)10-12-26-23(30)19-11-15-32-16-19/h2,4-5,8-9,11,15-16H,3,6-7,10,12-14H2,1H3,(H,26,30)(H,27,29). The van der Waals surface area contributed by atoms with Crippen LogP contribution in [0.3, 0.4) is 0 Å². The molecule has 6 nitrogen and oxygen atoms in total. The van der Waals surface area contributed by atoms with Crippen LogP contribution in [0.2, 0.25) is 0 Å². The van der Waals surface area contributed by atoms with Crippen LogP contribution in [0.25, 0.3) is 10.4 Å². The van der Waals surface area contributed by atoms with Crippen molar-refractivity contribution in [3.8, 4) is 10.4 Å². The number of carbonyl (C=O) groups excluding carboxylic acids is 3. The van der Waals surface area contributed by atoms with Crippen LogP contribution in [0.5, 0.6) is 0 Å².